The van der Waals surface area contributed by atoms with E-state index in [1.54, 1.807) is 6.92 Å². The SMILES string of the molecule is CCOC(=O)C(O)=CC(=O)C=C1N(C)c2ccccc2C1(C)C. The number of rotatable bonds is 4. The number of anilines is 1. The van der Waals surface area contributed by atoms with Crippen LogP contribution in [0.2, 0.25) is 0 Å². The molecule has 0 aliphatic carbocycles. The molecule has 0 atom stereocenters. The number of hydrogen-bond donors (Lipinski definition) is 1. The molecule has 122 valence electrons. The van der Waals surface area contributed by atoms with Gasteiger partial charge in [-0.25, -0.2) is 4.79 Å². The summed E-state index contributed by atoms with van der Waals surface area (Å²) >= 11 is 0. The van der Waals surface area contributed by atoms with E-state index in [-0.39, 0.29) is 12.0 Å². The van der Waals surface area contributed by atoms with Crippen molar-refractivity contribution in [3.63, 3.8) is 0 Å². The summed E-state index contributed by atoms with van der Waals surface area (Å²) in [5.74, 6) is -2.05. The minimum absolute atomic E-state index is 0.136. The zero-order chi connectivity index (χ0) is 17.2. The second-order valence-electron chi connectivity index (χ2n) is 5.88. The van der Waals surface area contributed by atoms with Gasteiger partial charge in [-0.05, 0) is 18.6 Å². The predicted octanol–water partition coefficient (Wildman–Crippen LogP) is 2.87. The van der Waals surface area contributed by atoms with E-state index in [1.807, 2.05) is 50.1 Å². The number of hydrogen-bond acceptors (Lipinski definition) is 5. The number of ketones is 1. The first kappa shape index (κ1) is 16.8. The standard InChI is InChI=1S/C18H21NO4/c1-5-23-17(22)15(21)10-12(20)11-16-18(2,3)13-8-6-7-9-14(13)19(16)4/h6-11,21H,5H2,1-4H3. The Kier molecular flexibility index (Phi) is 4.59. The first-order chi connectivity index (χ1) is 10.8. The second kappa shape index (κ2) is 6.28. The average Bonchev–Trinajstić information content (AvgIpc) is 2.69. The fraction of sp³-hybridized carbons (Fsp3) is 0.333. The van der Waals surface area contributed by atoms with E-state index in [9.17, 15) is 14.7 Å². The fourth-order valence-electron chi connectivity index (χ4n) is 2.83. The van der Waals surface area contributed by atoms with Crippen LogP contribution in [0.1, 0.15) is 26.3 Å². The van der Waals surface area contributed by atoms with Crippen molar-refractivity contribution in [3.05, 3.63) is 53.4 Å². The number of likely N-dealkylation sites (N-methyl/N-ethyl adjacent to an activating group) is 1. The number of nitrogens with zero attached hydrogens (tertiary/aromatic N) is 1. The molecule has 1 aromatic rings. The third kappa shape index (κ3) is 3.13. The number of carbonyl (C=O) groups is 2. The third-order valence-corrected chi connectivity index (χ3v) is 3.98. The van der Waals surface area contributed by atoms with Gasteiger partial charge in [-0.15, -0.1) is 0 Å². The summed E-state index contributed by atoms with van der Waals surface area (Å²) in [4.78, 5) is 25.5. The predicted molar refractivity (Wildman–Crippen MR) is 88.3 cm³/mol. The molecule has 0 saturated heterocycles. The number of ether oxygens (including phenoxy) is 1. The molecule has 23 heavy (non-hydrogen) atoms. The van der Waals surface area contributed by atoms with Crippen LogP contribution in [0.25, 0.3) is 0 Å². The number of benzene rings is 1. The Bertz CT molecular complexity index is 701. The summed E-state index contributed by atoms with van der Waals surface area (Å²) in [6.07, 6.45) is 2.33. The molecule has 0 unspecified atom stereocenters. The van der Waals surface area contributed by atoms with Crippen molar-refractivity contribution in [1.82, 2.24) is 0 Å². The normalized spacial score (nSPS) is 18.0. The Morgan fingerprint density at radius 2 is 1.96 bits per heavy atom. The van der Waals surface area contributed by atoms with Crippen molar-refractivity contribution < 1.29 is 19.4 Å². The maximum Gasteiger partial charge on any atom is 0.373 e. The molecule has 0 spiro atoms. The van der Waals surface area contributed by atoms with Crippen LogP contribution in [0, 0.1) is 0 Å². The molecule has 5 nitrogen and oxygen atoms in total. The lowest BCUT2D eigenvalue weighted by Gasteiger charge is -2.23. The van der Waals surface area contributed by atoms with E-state index in [0.717, 1.165) is 23.0 Å². The summed E-state index contributed by atoms with van der Waals surface area (Å²) in [5.41, 5.74) is 2.63. The number of aliphatic hydroxyl groups is 1. The van der Waals surface area contributed by atoms with Gasteiger partial charge in [-0.1, -0.05) is 32.0 Å². The fourth-order valence-corrected chi connectivity index (χ4v) is 2.83. The highest BCUT2D eigenvalue weighted by Crippen LogP contribution is 2.46. The van der Waals surface area contributed by atoms with E-state index in [0.29, 0.717) is 0 Å². The zero-order valence-electron chi connectivity index (χ0n) is 13.8. The first-order valence-electron chi connectivity index (χ1n) is 7.46. The summed E-state index contributed by atoms with van der Waals surface area (Å²) in [5, 5.41) is 9.59. The molecule has 0 fully saturated rings. The van der Waals surface area contributed by atoms with Crippen LogP contribution in [0.15, 0.2) is 47.9 Å². The van der Waals surface area contributed by atoms with Crippen molar-refractivity contribution >= 4 is 17.4 Å². The van der Waals surface area contributed by atoms with Gasteiger partial charge in [0, 0.05) is 36.0 Å². The van der Waals surface area contributed by atoms with Crippen molar-refractivity contribution in [2.24, 2.45) is 0 Å². The first-order valence-corrected chi connectivity index (χ1v) is 7.46. The van der Waals surface area contributed by atoms with Crippen LogP contribution in [0.3, 0.4) is 0 Å². The summed E-state index contributed by atoms with van der Waals surface area (Å²) in [7, 11) is 1.89. The molecule has 5 heteroatoms. The minimum atomic E-state index is -0.901. The molecule has 2 rings (SSSR count). The van der Waals surface area contributed by atoms with Crippen LogP contribution in [0.4, 0.5) is 5.69 Å². The van der Waals surface area contributed by atoms with Gasteiger partial charge in [0.1, 0.15) is 0 Å². The monoisotopic (exact) mass is 315 g/mol. The van der Waals surface area contributed by atoms with Crippen molar-refractivity contribution in [2.45, 2.75) is 26.2 Å². The highest BCUT2D eigenvalue weighted by molar-refractivity contribution is 6.05. The molecule has 0 bridgehead atoms. The largest absolute Gasteiger partial charge is 0.502 e. The summed E-state index contributed by atoms with van der Waals surface area (Å²) in [6.45, 7) is 5.83. The smallest absolute Gasteiger partial charge is 0.373 e. The maximum atomic E-state index is 12.2. The van der Waals surface area contributed by atoms with Crippen molar-refractivity contribution in [2.75, 3.05) is 18.6 Å². The van der Waals surface area contributed by atoms with Gasteiger partial charge < -0.3 is 14.7 Å². The van der Waals surface area contributed by atoms with Gasteiger partial charge in [-0.2, -0.15) is 0 Å². The Morgan fingerprint density at radius 1 is 1.30 bits per heavy atom. The lowest BCUT2D eigenvalue weighted by Crippen LogP contribution is -2.24. The van der Waals surface area contributed by atoms with E-state index >= 15 is 0 Å². The number of esters is 1. The van der Waals surface area contributed by atoms with Crippen molar-refractivity contribution in [3.8, 4) is 0 Å². The van der Waals surface area contributed by atoms with E-state index in [2.05, 4.69) is 4.74 Å². The van der Waals surface area contributed by atoms with Gasteiger partial charge in [0.25, 0.3) is 0 Å². The number of para-hydroxylation sites is 1. The second-order valence-corrected chi connectivity index (χ2v) is 5.88. The number of carbonyl (C=O) groups excluding carboxylic acids is 2. The summed E-state index contributed by atoms with van der Waals surface area (Å²) in [6, 6.07) is 7.94. The van der Waals surface area contributed by atoms with E-state index < -0.39 is 17.5 Å². The Morgan fingerprint density at radius 3 is 2.57 bits per heavy atom. The van der Waals surface area contributed by atoms with Gasteiger partial charge in [0.15, 0.2) is 5.78 Å². The molecule has 0 radical (unpaired) electrons. The van der Waals surface area contributed by atoms with Gasteiger partial charge in [-0.3, -0.25) is 4.79 Å². The lowest BCUT2D eigenvalue weighted by molar-refractivity contribution is -0.141. The van der Waals surface area contributed by atoms with Crippen LogP contribution in [0.5, 0.6) is 0 Å². The van der Waals surface area contributed by atoms with Gasteiger partial charge in [0.05, 0.1) is 6.61 Å². The maximum absolute atomic E-state index is 12.2. The average molecular weight is 315 g/mol. The number of fused-ring (bicyclic) bond motifs is 1. The highest BCUT2D eigenvalue weighted by atomic mass is 16.5. The van der Waals surface area contributed by atoms with Crippen LogP contribution in [-0.2, 0) is 19.7 Å². The highest BCUT2D eigenvalue weighted by Gasteiger charge is 2.38. The van der Waals surface area contributed by atoms with Crippen molar-refractivity contribution in [1.29, 1.82) is 0 Å². The third-order valence-electron chi connectivity index (χ3n) is 3.98. The molecule has 1 aliphatic rings. The lowest BCUT2D eigenvalue weighted by atomic mass is 9.83. The van der Waals surface area contributed by atoms with E-state index in [4.69, 9.17) is 0 Å². The Labute approximate surface area is 135 Å². The molecule has 1 heterocycles. The molecule has 1 aromatic carbocycles. The number of allylic oxidation sites excluding steroid dienone is 3. The molecule has 1 aliphatic heterocycles. The topological polar surface area (TPSA) is 66.8 Å². The molecule has 1 N–H and O–H groups in total. The molecule has 0 amide bonds. The molecule has 0 aromatic heterocycles. The van der Waals surface area contributed by atoms with Crippen LogP contribution in [-0.4, -0.2) is 30.5 Å². The zero-order valence-corrected chi connectivity index (χ0v) is 13.8. The minimum Gasteiger partial charge on any atom is -0.502 e. The van der Waals surface area contributed by atoms with Gasteiger partial charge in [0.2, 0.25) is 5.76 Å². The Balaban J connectivity index is 2.32. The van der Waals surface area contributed by atoms with Gasteiger partial charge >= 0.3 is 5.97 Å². The molecule has 0 saturated carbocycles. The summed E-state index contributed by atoms with van der Waals surface area (Å²) < 4.78 is 4.65. The van der Waals surface area contributed by atoms with Crippen LogP contribution >= 0.6 is 0 Å². The molecular weight excluding hydrogens is 294 g/mol. The molecular formula is C18H21NO4. The number of aliphatic hydroxyl groups excluding tert-OH is 1. The Hall–Kier alpha value is -2.56. The van der Waals surface area contributed by atoms with E-state index in [1.165, 1.54) is 6.08 Å². The van der Waals surface area contributed by atoms with Crippen LogP contribution < -0.4 is 4.90 Å². The quantitative estimate of drug-likeness (QED) is 0.526.